The van der Waals surface area contributed by atoms with Crippen LogP contribution >= 0.6 is 11.8 Å². The topological polar surface area (TPSA) is 101 Å². The van der Waals surface area contributed by atoms with Gasteiger partial charge in [-0.05, 0) is 49.2 Å². The van der Waals surface area contributed by atoms with Gasteiger partial charge in [-0.3, -0.25) is 19.7 Å². The molecule has 0 aromatic heterocycles. The van der Waals surface area contributed by atoms with Gasteiger partial charge in [-0.15, -0.1) is 0 Å². The zero-order valence-corrected chi connectivity index (χ0v) is 15.2. The predicted octanol–water partition coefficient (Wildman–Crippen LogP) is 3.68. The van der Waals surface area contributed by atoms with Crippen LogP contribution in [0, 0.1) is 16.0 Å². The molecule has 1 saturated heterocycles. The Kier molecular flexibility index (Phi) is 5.75. The monoisotopic (exact) mass is 386 g/mol. The Morgan fingerprint density at radius 3 is 2.22 bits per heavy atom. The molecule has 27 heavy (non-hydrogen) atoms. The van der Waals surface area contributed by atoms with E-state index in [1.165, 1.54) is 23.9 Å². The van der Waals surface area contributed by atoms with E-state index in [1.807, 2.05) is 12.1 Å². The van der Waals surface area contributed by atoms with Gasteiger partial charge in [0.05, 0.1) is 10.8 Å². The van der Waals surface area contributed by atoms with E-state index in [-0.39, 0.29) is 18.1 Å². The highest BCUT2D eigenvalue weighted by molar-refractivity contribution is 7.99. The molecular formula is C19H18N2O5S. The molecule has 140 valence electrons. The number of carboxylic acid groups (broad SMARTS) is 1. The van der Waals surface area contributed by atoms with Gasteiger partial charge in [0.25, 0.3) is 11.6 Å². The highest BCUT2D eigenvalue weighted by atomic mass is 32.2. The number of benzene rings is 2. The third-order valence-electron chi connectivity index (χ3n) is 4.44. The predicted molar refractivity (Wildman–Crippen MR) is 99.9 cm³/mol. The minimum Gasteiger partial charge on any atom is -0.481 e. The van der Waals surface area contributed by atoms with Gasteiger partial charge in [-0.1, -0.05) is 11.8 Å². The van der Waals surface area contributed by atoms with Crippen LogP contribution in [0.5, 0.6) is 0 Å². The van der Waals surface area contributed by atoms with E-state index in [0.717, 1.165) is 9.79 Å². The summed E-state index contributed by atoms with van der Waals surface area (Å²) >= 11 is 1.44. The van der Waals surface area contributed by atoms with Crippen molar-refractivity contribution in [2.75, 3.05) is 13.1 Å². The first-order valence-corrected chi connectivity index (χ1v) is 9.30. The van der Waals surface area contributed by atoms with Gasteiger partial charge in [-0.25, -0.2) is 0 Å². The molecule has 0 radical (unpaired) electrons. The fourth-order valence-corrected chi connectivity index (χ4v) is 3.80. The lowest BCUT2D eigenvalue weighted by molar-refractivity contribution is -0.384. The summed E-state index contributed by atoms with van der Waals surface area (Å²) in [4.78, 5) is 37.4. The first-order chi connectivity index (χ1) is 12.9. The van der Waals surface area contributed by atoms with E-state index in [2.05, 4.69) is 0 Å². The van der Waals surface area contributed by atoms with Crippen molar-refractivity contribution in [1.29, 1.82) is 0 Å². The van der Waals surface area contributed by atoms with Crippen LogP contribution in [0.25, 0.3) is 0 Å². The highest BCUT2D eigenvalue weighted by Crippen LogP contribution is 2.29. The van der Waals surface area contributed by atoms with Crippen molar-refractivity contribution in [3.8, 4) is 0 Å². The second-order valence-electron chi connectivity index (χ2n) is 6.31. The number of carbonyl (C=O) groups is 2. The van der Waals surface area contributed by atoms with Gasteiger partial charge in [-0.2, -0.15) is 0 Å². The SMILES string of the molecule is O=C(O)C1CCCN(C(=O)c2ccc(Sc3ccc([N+](=O)[O-])cc3)cc2)C1. The number of nitro groups is 1. The maximum Gasteiger partial charge on any atom is 0.308 e. The summed E-state index contributed by atoms with van der Waals surface area (Å²) in [5.41, 5.74) is 0.565. The average molecular weight is 386 g/mol. The van der Waals surface area contributed by atoms with Crippen LogP contribution in [-0.2, 0) is 4.79 Å². The third-order valence-corrected chi connectivity index (χ3v) is 5.46. The number of nitro benzene ring substituents is 1. The molecule has 1 atom stereocenters. The Hall–Kier alpha value is -2.87. The quantitative estimate of drug-likeness (QED) is 0.621. The zero-order chi connectivity index (χ0) is 19.4. The van der Waals surface area contributed by atoms with Crippen LogP contribution in [0.4, 0.5) is 5.69 Å². The molecule has 0 aliphatic carbocycles. The molecule has 1 aliphatic heterocycles. The van der Waals surface area contributed by atoms with Crippen LogP contribution in [0.15, 0.2) is 58.3 Å². The smallest absolute Gasteiger partial charge is 0.308 e. The van der Waals surface area contributed by atoms with E-state index in [0.29, 0.717) is 24.9 Å². The fourth-order valence-electron chi connectivity index (χ4n) is 2.98. The average Bonchev–Trinajstić information content (AvgIpc) is 2.68. The van der Waals surface area contributed by atoms with Gasteiger partial charge >= 0.3 is 5.97 Å². The normalized spacial score (nSPS) is 16.7. The standard InChI is InChI=1S/C19H18N2O5S/c22-18(20-11-1-2-14(12-20)19(23)24)13-3-7-16(8-4-13)27-17-9-5-15(6-10-17)21(25)26/h3-10,14H,1-2,11-12H2,(H,23,24). The molecule has 2 aromatic rings. The van der Waals surface area contributed by atoms with Crippen molar-refractivity contribution in [1.82, 2.24) is 4.90 Å². The Bertz CT molecular complexity index is 851. The molecule has 1 unspecified atom stereocenters. The van der Waals surface area contributed by atoms with Crippen molar-refractivity contribution >= 4 is 29.3 Å². The second kappa shape index (κ2) is 8.22. The highest BCUT2D eigenvalue weighted by Gasteiger charge is 2.28. The lowest BCUT2D eigenvalue weighted by Crippen LogP contribution is -2.42. The minimum absolute atomic E-state index is 0.0430. The van der Waals surface area contributed by atoms with Gasteiger partial charge in [0.15, 0.2) is 0 Å². The van der Waals surface area contributed by atoms with Gasteiger partial charge < -0.3 is 10.0 Å². The molecule has 0 bridgehead atoms. The maximum atomic E-state index is 12.6. The van der Waals surface area contributed by atoms with Crippen molar-refractivity contribution in [2.24, 2.45) is 5.92 Å². The molecule has 1 heterocycles. The molecule has 8 heteroatoms. The van der Waals surface area contributed by atoms with E-state index in [1.54, 1.807) is 29.2 Å². The number of hydrogen-bond donors (Lipinski definition) is 1. The van der Waals surface area contributed by atoms with Crippen LogP contribution in [0.1, 0.15) is 23.2 Å². The Labute approximate surface area is 160 Å². The number of likely N-dealkylation sites (tertiary alicyclic amines) is 1. The Morgan fingerprint density at radius 1 is 1.07 bits per heavy atom. The van der Waals surface area contributed by atoms with E-state index >= 15 is 0 Å². The number of rotatable bonds is 5. The summed E-state index contributed by atoms with van der Waals surface area (Å²) in [5.74, 6) is -1.52. The third kappa shape index (κ3) is 4.65. The summed E-state index contributed by atoms with van der Waals surface area (Å²) < 4.78 is 0. The fraction of sp³-hybridized carbons (Fsp3) is 0.263. The van der Waals surface area contributed by atoms with Crippen LogP contribution in [0.3, 0.4) is 0 Å². The molecule has 3 rings (SSSR count). The van der Waals surface area contributed by atoms with Crippen molar-refractivity contribution in [3.63, 3.8) is 0 Å². The number of piperidine rings is 1. The van der Waals surface area contributed by atoms with Crippen molar-refractivity contribution in [2.45, 2.75) is 22.6 Å². The molecule has 1 fully saturated rings. The number of nitrogens with zero attached hydrogens (tertiary/aromatic N) is 2. The Morgan fingerprint density at radius 2 is 1.67 bits per heavy atom. The summed E-state index contributed by atoms with van der Waals surface area (Å²) in [6.45, 7) is 0.815. The number of non-ortho nitro benzene ring substituents is 1. The number of amides is 1. The van der Waals surface area contributed by atoms with Gasteiger partial charge in [0.1, 0.15) is 0 Å². The number of carboxylic acids is 1. The minimum atomic E-state index is -0.859. The molecule has 1 aliphatic rings. The number of carbonyl (C=O) groups excluding carboxylic acids is 1. The van der Waals surface area contributed by atoms with Crippen molar-refractivity contribution < 1.29 is 19.6 Å². The van der Waals surface area contributed by atoms with Crippen LogP contribution < -0.4 is 0 Å². The molecule has 1 N–H and O–H groups in total. The summed E-state index contributed by atoms with van der Waals surface area (Å²) in [6, 6.07) is 13.4. The molecule has 0 spiro atoms. The summed E-state index contributed by atoms with van der Waals surface area (Å²) in [6.07, 6.45) is 1.29. The van der Waals surface area contributed by atoms with E-state index in [9.17, 15) is 19.7 Å². The van der Waals surface area contributed by atoms with Crippen LogP contribution in [0.2, 0.25) is 0 Å². The summed E-state index contributed by atoms with van der Waals surface area (Å²) in [5, 5.41) is 19.8. The largest absolute Gasteiger partial charge is 0.481 e. The lowest BCUT2D eigenvalue weighted by Gasteiger charge is -2.30. The molecule has 7 nitrogen and oxygen atoms in total. The van der Waals surface area contributed by atoms with E-state index < -0.39 is 16.8 Å². The van der Waals surface area contributed by atoms with Gasteiger partial charge in [0.2, 0.25) is 0 Å². The van der Waals surface area contributed by atoms with E-state index in [4.69, 9.17) is 5.11 Å². The molecule has 2 aromatic carbocycles. The second-order valence-corrected chi connectivity index (χ2v) is 7.45. The zero-order valence-electron chi connectivity index (χ0n) is 14.4. The first kappa shape index (κ1) is 18.9. The first-order valence-electron chi connectivity index (χ1n) is 8.48. The summed E-state index contributed by atoms with van der Waals surface area (Å²) in [7, 11) is 0. The van der Waals surface area contributed by atoms with Crippen LogP contribution in [-0.4, -0.2) is 39.9 Å². The Balaban J connectivity index is 1.65. The van der Waals surface area contributed by atoms with Crippen molar-refractivity contribution in [3.05, 3.63) is 64.2 Å². The molecule has 0 saturated carbocycles. The number of hydrogen-bond acceptors (Lipinski definition) is 5. The van der Waals surface area contributed by atoms with Gasteiger partial charge in [0, 0.05) is 40.6 Å². The number of aliphatic carboxylic acids is 1. The molecule has 1 amide bonds. The maximum absolute atomic E-state index is 12.6. The lowest BCUT2D eigenvalue weighted by atomic mass is 9.97. The molecular weight excluding hydrogens is 368 g/mol.